The van der Waals surface area contributed by atoms with E-state index in [0.717, 1.165) is 5.39 Å². The van der Waals surface area contributed by atoms with Gasteiger partial charge in [-0.15, -0.1) is 0 Å². The minimum absolute atomic E-state index is 0.490. The van der Waals surface area contributed by atoms with E-state index in [1.807, 2.05) is 45.0 Å². The lowest BCUT2D eigenvalue weighted by Crippen LogP contribution is -2.28. The number of benzene rings is 1. The Labute approximate surface area is 126 Å². The summed E-state index contributed by atoms with van der Waals surface area (Å²) in [6.45, 7) is 7.06. The summed E-state index contributed by atoms with van der Waals surface area (Å²) in [7, 11) is 0. The Balaban J connectivity index is 2.67. The second-order valence-electron chi connectivity index (χ2n) is 5.71. The van der Waals surface area contributed by atoms with Gasteiger partial charge in [0.25, 0.3) is 0 Å². The molecule has 2 aromatic rings. The summed E-state index contributed by atoms with van der Waals surface area (Å²) in [4.78, 5) is 12.4. The van der Waals surface area contributed by atoms with Gasteiger partial charge in [-0.3, -0.25) is 0 Å². The van der Waals surface area contributed by atoms with Crippen molar-refractivity contribution in [2.75, 3.05) is 0 Å². The molecule has 0 aliphatic carbocycles. The normalized spacial score (nSPS) is 13.5. The molecule has 108 valence electrons. The van der Waals surface area contributed by atoms with Crippen molar-refractivity contribution in [3.05, 3.63) is 34.4 Å². The Bertz CT molecular complexity index is 653. The lowest BCUT2D eigenvalue weighted by molar-refractivity contribution is 0.0524. The van der Waals surface area contributed by atoms with E-state index in [4.69, 9.17) is 4.74 Å². The van der Waals surface area contributed by atoms with Crippen LogP contribution < -0.4 is 0 Å². The molecule has 0 saturated heterocycles. The molecule has 1 N–H and O–H groups in total. The number of ether oxygens (including phenoxy) is 1. The zero-order chi connectivity index (χ0) is 15.1. The van der Waals surface area contributed by atoms with Crippen molar-refractivity contribution in [2.45, 2.75) is 39.4 Å². The zero-order valence-electron chi connectivity index (χ0n) is 12.0. The average molecular weight is 340 g/mol. The molecular formula is C15H18BrNO3. The highest BCUT2D eigenvalue weighted by Crippen LogP contribution is 2.35. The highest BCUT2D eigenvalue weighted by Gasteiger charge is 2.26. The Morgan fingerprint density at radius 1 is 1.35 bits per heavy atom. The first-order valence-corrected chi connectivity index (χ1v) is 7.22. The van der Waals surface area contributed by atoms with Crippen molar-refractivity contribution in [1.82, 2.24) is 4.57 Å². The van der Waals surface area contributed by atoms with Gasteiger partial charge in [-0.2, -0.15) is 0 Å². The molecular weight excluding hydrogens is 322 g/mol. The maximum atomic E-state index is 12.4. The van der Waals surface area contributed by atoms with E-state index in [0.29, 0.717) is 15.7 Å². The molecule has 1 unspecified atom stereocenters. The fourth-order valence-corrected chi connectivity index (χ4v) is 2.94. The fraction of sp³-hybridized carbons (Fsp3) is 0.400. The van der Waals surface area contributed by atoms with Gasteiger partial charge < -0.3 is 9.84 Å². The predicted molar refractivity (Wildman–Crippen MR) is 81.9 cm³/mol. The van der Waals surface area contributed by atoms with Gasteiger partial charge in [0.2, 0.25) is 0 Å². The molecule has 4 nitrogen and oxygen atoms in total. The van der Waals surface area contributed by atoms with Crippen LogP contribution in [0.4, 0.5) is 4.79 Å². The number of para-hydroxylation sites is 1. The average Bonchev–Trinajstić information content (AvgIpc) is 2.61. The molecule has 20 heavy (non-hydrogen) atoms. The maximum Gasteiger partial charge on any atom is 0.419 e. The second kappa shape index (κ2) is 5.22. The van der Waals surface area contributed by atoms with E-state index in [1.165, 1.54) is 4.57 Å². The monoisotopic (exact) mass is 339 g/mol. The molecule has 1 heterocycles. The highest BCUT2D eigenvalue weighted by atomic mass is 79.9. The summed E-state index contributed by atoms with van der Waals surface area (Å²) in [5.41, 5.74) is 0.621. The van der Waals surface area contributed by atoms with E-state index >= 15 is 0 Å². The Hall–Kier alpha value is -1.33. The molecule has 1 aromatic heterocycles. The summed E-state index contributed by atoms with van der Waals surface area (Å²) in [6.07, 6.45) is -1.28. The SMILES string of the molecule is CC(O)c1c(Br)c2ccccc2n1C(=O)OC(C)(C)C. The van der Waals surface area contributed by atoms with Gasteiger partial charge in [-0.1, -0.05) is 18.2 Å². The standard InChI is InChI=1S/C15H18BrNO3/c1-9(18)13-12(16)10-7-5-6-8-11(10)17(13)14(19)20-15(2,3)4/h5-9,18H,1-4H3. The number of hydrogen-bond acceptors (Lipinski definition) is 3. The zero-order valence-corrected chi connectivity index (χ0v) is 13.6. The number of carbonyl (C=O) groups excluding carboxylic acids is 1. The molecule has 0 spiro atoms. The topological polar surface area (TPSA) is 51.5 Å². The third-order valence-electron chi connectivity index (χ3n) is 2.82. The minimum atomic E-state index is -0.788. The molecule has 2 rings (SSSR count). The minimum Gasteiger partial charge on any atom is -0.443 e. The summed E-state index contributed by atoms with van der Waals surface area (Å²) in [5.74, 6) is 0. The molecule has 0 radical (unpaired) electrons. The van der Waals surface area contributed by atoms with Crippen molar-refractivity contribution in [3.8, 4) is 0 Å². The van der Waals surface area contributed by atoms with E-state index in [1.54, 1.807) is 6.92 Å². The Morgan fingerprint density at radius 2 is 1.95 bits per heavy atom. The van der Waals surface area contributed by atoms with Gasteiger partial charge in [0.15, 0.2) is 0 Å². The van der Waals surface area contributed by atoms with Gasteiger partial charge in [-0.05, 0) is 49.7 Å². The number of aliphatic hydroxyl groups is 1. The van der Waals surface area contributed by atoms with Crippen LogP contribution in [0.2, 0.25) is 0 Å². The first-order valence-electron chi connectivity index (χ1n) is 6.42. The number of carbonyl (C=O) groups is 1. The van der Waals surface area contributed by atoms with Crippen LogP contribution >= 0.6 is 15.9 Å². The Kier molecular flexibility index (Phi) is 3.93. The molecule has 1 atom stereocenters. The molecule has 0 amide bonds. The van der Waals surface area contributed by atoms with Gasteiger partial charge in [0.05, 0.1) is 17.3 Å². The number of aromatic nitrogens is 1. The maximum absolute atomic E-state index is 12.4. The quantitative estimate of drug-likeness (QED) is 0.845. The van der Waals surface area contributed by atoms with Crippen LogP contribution in [0.5, 0.6) is 0 Å². The number of halogens is 1. The van der Waals surface area contributed by atoms with Crippen LogP contribution in [0.25, 0.3) is 10.9 Å². The van der Waals surface area contributed by atoms with Gasteiger partial charge in [0, 0.05) is 9.86 Å². The molecule has 0 saturated carbocycles. The molecule has 0 aliphatic rings. The van der Waals surface area contributed by atoms with Gasteiger partial charge >= 0.3 is 6.09 Å². The van der Waals surface area contributed by atoms with Crippen molar-refractivity contribution in [1.29, 1.82) is 0 Å². The van der Waals surface area contributed by atoms with E-state index in [9.17, 15) is 9.90 Å². The smallest absolute Gasteiger partial charge is 0.419 e. The van der Waals surface area contributed by atoms with Gasteiger partial charge in [-0.25, -0.2) is 9.36 Å². The van der Waals surface area contributed by atoms with E-state index < -0.39 is 17.8 Å². The highest BCUT2D eigenvalue weighted by molar-refractivity contribution is 9.10. The van der Waals surface area contributed by atoms with Crippen LogP contribution in [0, 0.1) is 0 Å². The van der Waals surface area contributed by atoms with Crippen molar-refractivity contribution < 1.29 is 14.6 Å². The summed E-state index contributed by atoms with van der Waals surface area (Å²) in [5, 5.41) is 10.8. The first kappa shape index (κ1) is 15.1. The number of fused-ring (bicyclic) bond motifs is 1. The fourth-order valence-electron chi connectivity index (χ4n) is 2.09. The predicted octanol–water partition coefficient (Wildman–Crippen LogP) is 4.24. The van der Waals surface area contributed by atoms with Crippen molar-refractivity contribution in [3.63, 3.8) is 0 Å². The first-order chi connectivity index (χ1) is 9.22. The van der Waals surface area contributed by atoms with Crippen LogP contribution in [0.3, 0.4) is 0 Å². The lowest BCUT2D eigenvalue weighted by atomic mass is 10.2. The number of rotatable bonds is 1. The summed E-state index contributed by atoms with van der Waals surface area (Å²) in [6, 6.07) is 7.46. The summed E-state index contributed by atoms with van der Waals surface area (Å²) < 4.78 is 7.57. The number of hydrogen-bond donors (Lipinski definition) is 1. The summed E-state index contributed by atoms with van der Waals surface area (Å²) >= 11 is 3.46. The lowest BCUT2D eigenvalue weighted by Gasteiger charge is -2.21. The van der Waals surface area contributed by atoms with Crippen LogP contribution in [0.1, 0.15) is 39.5 Å². The molecule has 5 heteroatoms. The van der Waals surface area contributed by atoms with Crippen LogP contribution in [-0.2, 0) is 4.74 Å². The largest absolute Gasteiger partial charge is 0.443 e. The third kappa shape index (κ3) is 2.74. The van der Waals surface area contributed by atoms with Crippen molar-refractivity contribution >= 4 is 32.9 Å². The van der Waals surface area contributed by atoms with E-state index in [2.05, 4.69) is 15.9 Å². The number of nitrogens with zero attached hydrogens (tertiary/aromatic N) is 1. The molecule has 1 aromatic carbocycles. The van der Waals surface area contributed by atoms with Crippen LogP contribution in [-0.4, -0.2) is 21.4 Å². The molecule has 0 fully saturated rings. The Morgan fingerprint density at radius 3 is 2.50 bits per heavy atom. The molecule has 0 bridgehead atoms. The van der Waals surface area contributed by atoms with E-state index in [-0.39, 0.29) is 0 Å². The van der Waals surface area contributed by atoms with Crippen LogP contribution in [0.15, 0.2) is 28.7 Å². The third-order valence-corrected chi connectivity index (χ3v) is 3.65. The van der Waals surface area contributed by atoms with Gasteiger partial charge in [0.1, 0.15) is 5.60 Å². The van der Waals surface area contributed by atoms with Crippen molar-refractivity contribution in [2.24, 2.45) is 0 Å². The second-order valence-corrected chi connectivity index (χ2v) is 6.50. The molecule has 0 aliphatic heterocycles. The number of aliphatic hydroxyl groups excluding tert-OH is 1.